The number of benzene rings is 2. The number of hydrogen-bond donors (Lipinski definition) is 2. The van der Waals surface area contributed by atoms with Crippen LogP contribution in [0, 0.1) is 0 Å². The molecule has 5 rings (SSSR count). The lowest BCUT2D eigenvalue weighted by Crippen LogP contribution is -2.36. The molecule has 2 N–H and O–H groups in total. The predicted molar refractivity (Wildman–Crippen MR) is 154 cm³/mol. The Bertz CT molecular complexity index is 1510. The SMILES string of the molecule is CC=CC(=O)CCC(=O)NCc1ccc(-c2cc3nc(-c4cccc(O)c4)nc(N4CCOCC4)c3s2)cc1. The van der Waals surface area contributed by atoms with Crippen molar-refractivity contribution in [3.8, 4) is 27.6 Å². The van der Waals surface area contributed by atoms with Crippen LogP contribution in [-0.2, 0) is 20.9 Å². The van der Waals surface area contributed by atoms with Crippen LogP contribution in [0.4, 0.5) is 5.82 Å². The van der Waals surface area contributed by atoms with E-state index in [0.29, 0.717) is 25.6 Å². The number of carbonyl (C=O) groups excluding carboxylic acids is 2. The second kappa shape index (κ2) is 12.2. The number of rotatable bonds is 9. The highest BCUT2D eigenvalue weighted by molar-refractivity contribution is 7.22. The third kappa shape index (κ3) is 6.50. The number of nitrogens with one attached hydrogen (secondary N) is 1. The molecule has 0 bridgehead atoms. The van der Waals surface area contributed by atoms with E-state index in [-0.39, 0.29) is 30.3 Å². The number of ketones is 1. The van der Waals surface area contributed by atoms with Gasteiger partial charge >= 0.3 is 0 Å². The quantitative estimate of drug-likeness (QED) is 0.283. The summed E-state index contributed by atoms with van der Waals surface area (Å²) in [6.07, 6.45) is 3.56. The van der Waals surface area contributed by atoms with Gasteiger partial charge in [-0.3, -0.25) is 9.59 Å². The minimum atomic E-state index is -0.141. The first-order chi connectivity index (χ1) is 19.0. The number of morpholine rings is 1. The lowest BCUT2D eigenvalue weighted by atomic mass is 10.1. The Labute approximate surface area is 231 Å². The smallest absolute Gasteiger partial charge is 0.220 e. The minimum Gasteiger partial charge on any atom is -0.508 e. The molecule has 0 atom stereocenters. The number of aromatic hydroxyl groups is 1. The van der Waals surface area contributed by atoms with E-state index >= 15 is 0 Å². The van der Waals surface area contributed by atoms with E-state index in [1.807, 2.05) is 30.3 Å². The Morgan fingerprint density at radius 2 is 1.85 bits per heavy atom. The molecule has 0 spiro atoms. The number of phenolic OH excluding ortho intramolecular Hbond substituents is 1. The number of anilines is 1. The van der Waals surface area contributed by atoms with Gasteiger partial charge in [-0.25, -0.2) is 9.97 Å². The van der Waals surface area contributed by atoms with Crippen molar-refractivity contribution < 1.29 is 19.4 Å². The molecule has 1 fully saturated rings. The molecule has 1 aliphatic heterocycles. The average molecular weight is 543 g/mol. The molecule has 8 nitrogen and oxygen atoms in total. The molecule has 2 aromatic heterocycles. The Hall–Kier alpha value is -4.08. The van der Waals surface area contributed by atoms with Crippen molar-refractivity contribution in [2.24, 2.45) is 0 Å². The van der Waals surface area contributed by atoms with Crippen LogP contribution >= 0.6 is 11.3 Å². The van der Waals surface area contributed by atoms with Crippen molar-refractivity contribution in [1.82, 2.24) is 15.3 Å². The standard InChI is InChI=1S/C30H30N4O4S/c1-2-4-23(35)11-12-27(37)31-19-20-7-9-21(10-8-20)26-18-25-28(39-26)30(34-13-15-38-16-14-34)33-29(32-25)22-5-3-6-24(36)17-22/h2-10,17-18,36H,11-16,19H2,1H3,(H,31,37). The summed E-state index contributed by atoms with van der Waals surface area (Å²) in [5, 5.41) is 12.9. The zero-order valence-corrected chi connectivity index (χ0v) is 22.5. The zero-order valence-electron chi connectivity index (χ0n) is 21.7. The Morgan fingerprint density at radius 3 is 2.59 bits per heavy atom. The first-order valence-electron chi connectivity index (χ1n) is 13.0. The largest absolute Gasteiger partial charge is 0.508 e. The molecule has 1 saturated heterocycles. The van der Waals surface area contributed by atoms with Crippen molar-refractivity contribution in [3.05, 3.63) is 72.3 Å². The molecular weight excluding hydrogens is 512 g/mol. The number of nitrogens with zero attached hydrogens (tertiary/aromatic N) is 3. The van der Waals surface area contributed by atoms with Gasteiger partial charge in [0, 0.05) is 42.9 Å². The number of thiophene rings is 1. The van der Waals surface area contributed by atoms with Gasteiger partial charge in [0.05, 0.1) is 23.4 Å². The Kier molecular flexibility index (Phi) is 8.29. The van der Waals surface area contributed by atoms with Crippen LogP contribution < -0.4 is 10.2 Å². The van der Waals surface area contributed by atoms with E-state index in [1.165, 1.54) is 6.08 Å². The van der Waals surface area contributed by atoms with Gasteiger partial charge in [0.15, 0.2) is 17.4 Å². The molecule has 2 aromatic carbocycles. The summed E-state index contributed by atoms with van der Waals surface area (Å²) in [5.74, 6) is 1.44. The molecule has 200 valence electrons. The van der Waals surface area contributed by atoms with Gasteiger partial charge in [-0.1, -0.05) is 42.5 Å². The van der Waals surface area contributed by atoms with Crippen molar-refractivity contribution in [1.29, 1.82) is 0 Å². The van der Waals surface area contributed by atoms with E-state index in [0.717, 1.165) is 50.7 Å². The average Bonchev–Trinajstić information content (AvgIpc) is 3.40. The number of aromatic nitrogens is 2. The lowest BCUT2D eigenvalue weighted by molar-refractivity contribution is -0.124. The number of fused-ring (bicyclic) bond motifs is 1. The first kappa shape index (κ1) is 26.5. The van der Waals surface area contributed by atoms with Crippen LogP contribution in [0.1, 0.15) is 25.3 Å². The highest BCUT2D eigenvalue weighted by Gasteiger charge is 2.20. The summed E-state index contributed by atoms with van der Waals surface area (Å²) in [7, 11) is 0. The third-order valence-electron chi connectivity index (χ3n) is 6.45. The van der Waals surface area contributed by atoms with Crippen LogP contribution in [0.15, 0.2) is 66.7 Å². The summed E-state index contributed by atoms with van der Waals surface area (Å²) in [6.45, 7) is 4.99. The Balaban J connectivity index is 1.37. The molecule has 0 unspecified atom stereocenters. The van der Waals surface area contributed by atoms with E-state index in [9.17, 15) is 14.7 Å². The van der Waals surface area contributed by atoms with Gasteiger partial charge in [-0.15, -0.1) is 11.3 Å². The predicted octanol–water partition coefficient (Wildman–Crippen LogP) is 5.11. The van der Waals surface area contributed by atoms with Crippen molar-refractivity contribution in [2.45, 2.75) is 26.3 Å². The van der Waals surface area contributed by atoms with Crippen LogP contribution in [0.25, 0.3) is 32.0 Å². The molecular formula is C30H30N4O4S. The lowest BCUT2D eigenvalue weighted by Gasteiger charge is -2.28. The number of allylic oxidation sites excluding steroid dienone is 2. The number of carbonyl (C=O) groups is 2. The van der Waals surface area contributed by atoms with Gasteiger partial charge in [-0.2, -0.15) is 0 Å². The summed E-state index contributed by atoms with van der Waals surface area (Å²) in [5.41, 5.74) is 3.65. The summed E-state index contributed by atoms with van der Waals surface area (Å²) in [6, 6.07) is 17.2. The fourth-order valence-electron chi connectivity index (χ4n) is 4.40. The number of phenols is 1. The highest BCUT2D eigenvalue weighted by atomic mass is 32.1. The maximum Gasteiger partial charge on any atom is 0.220 e. The normalized spacial score (nSPS) is 13.7. The molecule has 4 aromatic rings. The first-order valence-corrected chi connectivity index (χ1v) is 13.8. The van der Waals surface area contributed by atoms with Crippen LogP contribution in [0.5, 0.6) is 5.75 Å². The van der Waals surface area contributed by atoms with Gasteiger partial charge < -0.3 is 20.1 Å². The zero-order chi connectivity index (χ0) is 27.2. The molecule has 39 heavy (non-hydrogen) atoms. The van der Waals surface area contributed by atoms with Crippen molar-refractivity contribution in [2.75, 3.05) is 31.2 Å². The molecule has 0 saturated carbocycles. The molecule has 0 aliphatic carbocycles. The molecule has 1 amide bonds. The minimum absolute atomic E-state index is 0.0455. The molecule has 0 radical (unpaired) electrons. The van der Waals surface area contributed by atoms with Crippen molar-refractivity contribution >= 4 is 39.1 Å². The fourth-order valence-corrected chi connectivity index (χ4v) is 5.52. The number of ether oxygens (including phenoxy) is 1. The van der Waals surface area contributed by atoms with E-state index in [1.54, 1.807) is 42.5 Å². The number of amides is 1. The van der Waals surface area contributed by atoms with Crippen LogP contribution in [0.2, 0.25) is 0 Å². The Morgan fingerprint density at radius 1 is 1.05 bits per heavy atom. The fraction of sp³-hybridized carbons (Fsp3) is 0.267. The molecule has 3 heterocycles. The van der Waals surface area contributed by atoms with E-state index < -0.39 is 0 Å². The monoisotopic (exact) mass is 542 g/mol. The van der Waals surface area contributed by atoms with Gasteiger partial charge in [0.2, 0.25) is 5.91 Å². The van der Waals surface area contributed by atoms with Crippen molar-refractivity contribution in [3.63, 3.8) is 0 Å². The maximum atomic E-state index is 12.1. The second-order valence-electron chi connectivity index (χ2n) is 9.29. The second-order valence-corrected chi connectivity index (χ2v) is 10.3. The maximum absolute atomic E-state index is 12.1. The van der Waals surface area contributed by atoms with E-state index in [4.69, 9.17) is 14.7 Å². The summed E-state index contributed by atoms with van der Waals surface area (Å²) < 4.78 is 6.57. The van der Waals surface area contributed by atoms with Gasteiger partial charge in [0.1, 0.15) is 5.75 Å². The summed E-state index contributed by atoms with van der Waals surface area (Å²) in [4.78, 5) is 36.8. The molecule has 9 heteroatoms. The number of hydrogen-bond acceptors (Lipinski definition) is 8. The topological polar surface area (TPSA) is 105 Å². The van der Waals surface area contributed by atoms with Gasteiger partial charge in [0.25, 0.3) is 0 Å². The summed E-state index contributed by atoms with van der Waals surface area (Å²) >= 11 is 1.65. The highest BCUT2D eigenvalue weighted by Crippen LogP contribution is 2.39. The third-order valence-corrected chi connectivity index (χ3v) is 7.62. The van der Waals surface area contributed by atoms with Crippen LogP contribution in [-0.4, -0.2) is 53.1 Å². The van der Waals surface area contributed by atoms with Crippen LogP contribution in [0.3, 0.4) is 0 Å². The van der Waals surface area contributed by atoms with E-state index in [2.05, 4.69) is 16.3 Å². The molecule has 1 aliphatic rings. The van der Waals surface area contributed by atoms with Gasteiger partial charge in [-0.05, 0) is 42.3 Å².